The summed E-state index contributed by atoms with van der Waals surface area (Å²) in [6.45, 7) is 7.40. The van der Waals surface area contributed by atoms with Crippen molar-refractivity contribution in [2.75, 3.05) is 6.54 Å². The van der Waals surface area contributed by atoms with Gasteiger partial charge in [-0.15, -0.1) is 0 Å². The average Bonchev–Trinajstić information content (AvgIpc) is 2.82. The summed E-state index contributed by atoms with van der Waals surface area (Å²) in [7, 11) is 0. The molecule has 4 rings (SSSR count). The topological polar surface area (TPSA) is 36.1 Å². The second-order valence-corrected chi connectivity index (χ2v) is 8.09. The number of hydrogen-bond donors (Lipinski definition) is 1. The van der Waals surface area contributed by atoms with E-state index >= 15 is 0 Å². The van der Waals surface area contributed by atoms with Gasteiger partial charge in [0.2, 0.25) is 6.41 Å². The summed E-state index contributed by atoms with van der Waals surface area (Å²) in [5, 5.41) is 1.30. The second-order valence-electron chi connectivity index (χ2n) is 8.09. The zero-order valence-electron chi connectivity index (χ0n) is 16.5. The van der Waals surface area contributed by atoms with Crippen molar-refractivity contribution in [2.24, 2.45) is 5.92 Å². The maximum Gasteiger partial charge on any atom is 0.210 e. The molecule has 1 aromatic heterocycles. The van der Waals surface area contributed by atoms with Crippen molar-refractivity contribution in [3.05, 3.63) is 70.5 Å². The number of amides is 1. The summed E-state index contributed by atoms with van der Waals surface area (Å²) in [5.41, 5.74) is 7.60. The van der Waals surface area contributed by atoms with E-state index in [0.717, 1.165) is 32.2 Å². The largest absolute Gasteiger partial charge is 0.356 e. The molecule has 27 heavy (non-hydrogen) atoms. The molecule has 140 valence electrons. The number of H-pyrrole nitrogens is 1. The number of nitrogens with one attached hydrogen (secondary N) is 1. The van der Waals surface area contributed by atoms with Crippen molar-refractivity contribution in [3.63, 3.8) is 0 Å². The van der Waals surface area contributed by atoms with Crippen LogP contribution in [0.2, 0.25) is 0 Å². The van der Waals surface area contributed by atoms with Crippen LogP contribution in [-0.2, 0) is 11.2 Å². The third kappa shape index (κ3) is 3.27. The number of fused-ring (bicyclic) bond motifs is 3. The van der Waals surface area contributed by atoms with Gasteiger partial charge in [0, 0.05) is 23.1 Å². The smallest absolute Gasteiger partial charge is 0.210 e. The number of aryl methyl sites for hydroxylation is 2. The number of rotatable bonds is 3. The van der Waals surface area contributed by atoms with Gasteiger partial charge in [-0.2, -0.15) is 0 Å². The molecule has 3 heteroatoms. The van der Waals surface area contributed by atoms with Gasteiger partial charge in [-0.05, 0) is 55.4 Å². The molecule has 0 bridgehead atoms. The molecule has 2 aromatic rings. The Morgan fingerprint density at radius 2 is 2.11 bits per heavy atom. The zero-order chi connectivity index (χ0) is 19.0. The number of carbonyl (C=O) groups is 1. The zero-order valence-corrected chi connectivity index (χ0v) is 16.5. The number of carbonyl (C=O) groups excluding carboxylic acids is 1. The highest BCUT2D eigenvalue weighted by atomic mass is 16.1. The summed E-state index contributed by atoms with van der Waals surface area (Å²) in [4.78, 5) is 17.6. The third-order valence-corrected chi connectivity index (χ3v) is 5.89. The predicted octanol–water partition coefficient (Wildman–Crippen LogP) is 5.39. The van der Waals surface area contributed by atoms with Crippen LogP contribution in [0.25, 0.3) is 10.9 Å². The van der Waals surface area contributed by atoms with E-state index in [1.165, 1.54) is 38.9 Å². The molecule has 0 radical (unpaired) electrons. The molecule has 2 aliphatic rings. The van der Waals surface area contributed by atoms with Crippen LogP contribution >= 0.6 is 0 Å². The quantitative estimate of drug-likeness (QED) is 0.732. The Morgan fingerprint density at radius 1 is 1.26 bits per heavy atom. The fourth-order valence-electron chi connectivity index (χ4n) is 4.36. The Balaban J connectivity index is 1.88. The Morgan fingerprint density at radius 3 is 2.89 bits per heavy atom. The molecule has 1 atom stereocenters. The Kier molecular flexibility index (Phi) is 4.77. The molecule has 2 heterocycles. The molecule has 1 unspecified atom stereocenters. The lowest BCUT2D eigenvalue weighted by Gasteiger charge is -2.27. The van der Waals surface area contributed by atoms with Crippen LogP contribution in [0, 0.1) is 12.8 Å². The first-order valence-electron chi connectivity index (χ1n) is 9.98. The first-order valence-corrected chi connectivity index (χ1v) is 9.98. The van der Waals surface area contributed by atoms with E-state index in [1.807, 2.05) is 4.90 Å². The van der Waals surface area contributed by atoms with Crippen LogP contribution in [0.15, 0.2) is 53.6 Å². The summed E-state index contributed by atoms with van der Waals surface area (Å²) in [6, 6.07) is 6.53. The number of allylic oxidation sites excluding steroid dienone is 4. The van der Waals surface area contributed by atoms with Crippen molar-refractivity contribution < 1.29 is 4.79 Å². The van der Waals surface area contributed by atoms with Crippen LogP contribution in [0.3, 0.4) is 0 Å². The minimum absolute atomic E-state index is 0.0493. The predicted molar refractivity (Wildman–Crippen MR) is 112 cm³/mol. The van der Waals surface area contributed by atoms with E-state index in [-0.39, 0.29) is 6.04 Å². The van der Waals surface area contributed by atoms with Crippen molar-refractivity contribution in [1.29, 1.82) is 0 Å². The Bertz CT molecular complexity index is 958. The van der Waals surface area contributed by atoms with Gasteiger partial charge in [0.1, 0.15) is 0 Å². The Hall–Kier alpha value is -2.55. The van der Waals surface area contributed by atoms with E-state index in [9.17, 15) is 4.79 Å². The van der Waals surface area contributed by atoms with Gasteiger partial charge >= 0.3 is 0 Å². The minimum atomic E-state index is -0.0493. The van der Waals surface area contributed by atoms with E-state index in [4.69, 9.17) is 0 Å². The molecule has 0 saturated carbocycles. The first-order chi connectivity index (χ1) is 13.1. The molecule has 0 saturated heterocycles. The number of nitrogens with zero attached hydrogens (tertiary/aromatic N) is 1. The highest BCUT2D eigenvalue weighted by Gasteiger charge is 2.30. The summed E-state index contributed by atoms with van der Waals surface area (Å²) in [5.74, 6) is 0.535. The van der Waals surface area contributed by atoms with Crippen molar-refractivity contribution >= 4 is 17.3 Å². The van der Waals surface area contributed by atoms with Gasteiger partial charge in [0.25, 0.3) is 0 Å². The lowest BCUT2D eigenvalue weighted by molar-refractivity contribution is -0.119. The number of hydrogen-bond acceptors (Lipinski definition) is 1. The molecule has 0 fully saturated rings. The minimum Gasteiger partial charge on any atom is -0.356 e. The third-order valence-electron chi connectivity index (χ3n) is 5.89. The molecule has 1 aromatic carbocycles. The van der Waals surface area contributed by atoms with Crippen molar-refractivity contribution in [3.8, 4) is 0 Å². The standard InChI is InChI=1S/C24H28N2O/c1-16(2)18-6-4-7-19(11-10-18)24-23-20(8-5-13-26(24)15-27)21-14-17(3)9-12-22(21)25-23/h4,7,9-12,14-16,24-25H,5-6,8,13H2,1-3H3. The number of aromatic amines is 1. The monoisotopic (exact) mass is 360 g/mol. The van der Waals surface area contributed by atoms with Crippen molar-refractivity contribution in [1.82, 2.24) is 9.88 Å². The average molecular weight is 361 g/mol. The molecule has 1 N–H and O–H groups in total. The van der Waals surface area contributed by atoms with Gasteiger partial charge in [-0.1, -0.05) is 55.4 Å². The van der Waals surface area contributed by atoms with Gasteiger partial charge in [-0.3, -0.25) is 4.79 Å². The van der Waals surface area contributed by atoms with Gasteiger partial charge in [0.15, 0.2) is 0 Å². The fraction of sp³-hybridized carbons (Fsp3) is 0.375. The van der Waals surface area contributed by atoms with E-state index in [0.29, 0.717) is 5.92 Å². The highest BCUT2D eigenvalue weighted by molar-refractivity contribution is 5.86. The van der Waals surface area contributed by atoms with Gasteiger partial charge in [-0.25, -0.2) is 0 Å². The molecular formula is C24H28N2O. The maximum atomic E-state index is 11.9. The van der Waals surface area contributed by atoms with Gasteiger partial charge < -0.3 is 9.88 Å². The van der Waals surface area contributed by atoms with E-state index in [1.54, 1.807) is 0 Å². The molecule has 1 amide bonds. The van der Waals surface area contributed by atoms with Crippen LogP contribution in [0.1, 0.15) is 49.6 Å². The molecule has 0 spiro atoms. The SMILES string of the molecule is Cc1ccc2[nH]c3c(c2c1)CCCN(C=O)C3C1=CC=C(C(C)C)CC=C1. The summed E-state index contributed by atoms with van der Waals surface area (Å²) < 4.78 is 0. The van der Waals surface area contributed by atoms with Crippen LogP contribution < -0.4 is 0 Å². The molecule has 1 aliphatic carbocycles. The van der Waals surface area contributed by atoms with Gasteiger partial charge in [0.05, 0.1) is 6.04 Å². The summed E-state index contributed by atoms with van der Waals surface area (Å²) in [6.07, 6.45) is 12.9. The summed E-state index contributed by atoms with van der Waals surface area (Å²) >= 11 is 0. The van der Waals surface area contributed by atoms with E-state index < -0.39 is 0 Å². The van der Waals surface area contributed by atoms with Crippen LogP contribution in [0.4, 0.5) is 0 Å². The Labute approximate surface area is 161 Å². The molecular weight excluding hydrogens is 332 g/mol. The number of aromatic nitrogens is 1. The molecule has 1 aliphatic heterocycles. The van der Waals surface area contributed by atoms with Crippen molar-refractivity contribution in [2.45, 2.75) is 46.1 Å². The maximum absolute atomic E-state index is 11.9. The number of benzene rings is 1. The van der Waals surface area contributed by atoms with Crippen LogP contribution in [0.5, 0.6) is 0 Å². The lowest BCUT2D eigenvalue weighted by Crippen LogP contribution is -2.28. The fourth-order valence-corrected chi connectivity index (χ4v) is 4.36. The van der Waals surface area contributed by atoms with Crippen LogP contribution in [-0.4, -0.2) is 22.8 Å². The van der Waals surface area contributed by atoms with E-state index in [2.05, 4.69) is 68.3 Å². The second kappa shape index (κ2) is 7.22. The molecule has 3 nitrogen and oxygen atoms in total. The highest BCUT2D eigenvalue weighted by Crippen LogP contribution is 2.38. The lowest BCUT2D eigenvalue weighted by atomic mass is 9.97. The normalized spacial score (nSPS) is 20.1. The first kappa shape index (κ1) is 17.8.